The molecule has 0 saturated carbocycles. The van der Waals surface area contributed by atoms with Crippen LogP contribution in [0.2, 0.25) is 0 Å². The van der Waals surface area contributed by atoms with Crippen LogP contribution in [-0.4, -0.2) is 5.97 Å². The Kier molecular flexibility index (Phi) is 13.4. The van der Waals surface area contributed by atoms with E-state index in [2.05, 4.69) is 13.5 Å². The SMILES string of the molecule is Br.C=C(C)C(=O)OC(CCCCCCCCCC)c1ccccc1C(C)(C)N. The van der Waals surface area contributed by atoms with Gasteiger partial charge in [-0.2, -0.15) is 0 Å². The summed E-state index contributed by atoms with van der Waals surface area (Å²) >= 11 is 0. The first-order valence-corrected chi connectivity index (χ1v) is 10.5. The van der Waals surface area contributed by atoms with Gasteiger partial charge in [-0.3, -0.25) is 0 Å². The zero-order valence-electron chi connectivity index (χ0n) is 18.3. The Hall–Kier alpha value is -1.13. The van der Waals surface area contributed by atoms with Gasteiger partial charge in [0.2, 0.25) is 0 Å². The molecular formula is C24H40BrNO2. The molecule has 0 aliphatic heterocycles. The van der Waals surface area contributed by atoms with Crippen LogP contribution in [0.4, 0.5) is 0 Å². The number of hydrogen-bond acceptors (Lipinski definition) is 3. The van der Waals surface area contributed by atoms with E-state index >= 15 is 0 Å². The molecule has 0 saturated heterocycles. The van der Waals surface area contributed by atoms with Crippen molar-refractivity contribution in [2.75, 3.05) is 0 Å². The van der Waals surface area contributed by atoms with Crippen molar-refractivity contribution in [1.82, 2.24) is 0 Å². The summed E-state index contributed by atoms with van der Waals surface area (Å²) in [6.45, 7) is 11.6. The Labute approximate surface area is 182 Å². The number of rotatable bonds is 13. The van der Waals surface area contributed by atoms with Gasteiger partial charge in [0, 0.05) is 11.1 Å². The van der Waals surface area contributed by atoms with Crippen molar-refractivity contribution in [3.63, 3.8) is 0 Å². The van der Waals surface area contributed by atoms with Crippen molar-refractivity contribution in [1.29, 1.82) is 0 Å². The highest BCUT2D eigenvalue weighted by atomic mass is 79.9. The van der Waals surface area contributed by atoms with E-state index in [1.807, 2.05) is 38.1 Å². The third-order valence-corrected chi connectivity index (χ3v) is 4.92. The molecule has 0 bridgehead atoms. The fourth-order valence-electron chi connectivity index (χ4n) is 3.34. The van der Waals surface area contributed by atoms with E-state index in [-0.39, 0.29) is 29.1 Å². The Balaban J connectivity index is 0.00000729. The van der Waals surface area contributed by atoms with E-state index in [0.29, 0.717) is 5.57 Å². The molecule has 1 aromatic rings. The van der Waals surface area contributed by atoms with Crippen molar-refractivity contribution in [3.05, 3.63) is 47.5 Å². The lowest BCUT2D eigenvalue weighted by Gasteiger charge is -2.27. The third-order valence-electron chi connectivity index (χ3n) is 4.92. The van der Waals surface area contributed by atoms with Crippen LogP contribution < -0.4 is 5.73 Å². The molecule has 0 fully saturated rings. The number of nitrogens with two attached hydrogens (primary N) is 1. The highest BCUT2D eigenvalue weighted by molar-refractivity contribution is 8.93. The van der Waals surface area contributed by atoms with E-state index in [1.165, 1.54) is 44.9 Å². The Bertz CT molecular complexity index is 593. The smallest absolute Gasteiger partial charge is 0.333 e. The largest absolute Gasteiger partial charge is 0.454 e. The topological polar surface area (TPSA) is 52.3 Å². The van der Waals surface area contributed by atoms with Crippen LogP contribution in [-0.2, 0) is 15.1 Å². The number of carbonyl (C=O) groups excluding carboxylic acids is 1. The molecule has 1 unspecified atom stereocenters. The second kappa shape index (κ2) is 13.9. The second-order valence-electron chi connectivity index (χ2n) is 8.25. The standard InChI is InChI=1S/C24H39NO2.BrH/c1-6-7-8-9-10-11-12-13-18-22(27-23(26)19(2)3)20-16-14-15-17-21(20)24(4,5)25;/h14-17,22H,2,6-13,18,25H2,1,3-5H3;1H. The summed E-state index contributed by atoms with van der Waals surface area (Å²) in [5, 5.41) is 0. The van der Waals surface area contributed by atoms with Gasteiger partial charge in [0.25, 0.3) is 0 Å². The lowest BCUT2D eigenvalue weighted by atomic mass is 9.87. The monoisotopic (exact) mass is 453 g/mol. The number of hydrogen-bond donors (Lipinski definition) is 1. The maximum Gasteiger partial charge on any atom is 0.333 e. The highest BCUT2D eigenvalue weighted by Crippen LogP contribution is 2.32. The van der Waals surface area contributed by atoms with Gasteiger partial charge in [-0.05, 0) is 44.7 Å². The molecule has 1 aromatic carbocycles. The summed E-state index contributed by atoms with van der Waals surface area (Å²) in [6, 6.07) is 8.04. The number of halogens is 1. The summed E-state index contributed by atoms with van der Waals surface area (Å²) in [7, 11) is 0. The number of esters is 1. The van der Waals surface area contributed by atoms with Crippen LogP contribution in [0.3, 0.4) is 0 Å². The van der Waals surface area contributed by atoms with Crippen molar-refractivity contribution in [3.8, 4) is 0 Å². The average molecular weight is 454 g/mol. The van der Waals surface area contributed by atoms with Crippen molar-refractivity contribution in [2.45, 2.75) is 97.1 Å². The second-order valence-corrected chi connectivity index (χ2v) is 8.25. The maximum absolute atomic E-state index is 12.2. The van der Waals surface area contributed by atoms with Gasteiger partial charge in [-0.1, -0.05) is 82.7 Å². The molecule has 0 aliphatic carbocycles. The molecule has 0 heterocycles. The van der Waals surface area contributed by atoms with Crippen LogP contribution in [0.25, 0.3) is 0 Å². The first kappa shape index (κ1) is 26.9. The van der Waals surface area contributed by atoms with E-state index < -0.39 is 5.54 Å². The van der Waals surface area contributed by atoms with E-state index in [9.17, 15) is 4.79 Å². The highest BCUT2D eigenvalue weighted by Gasteiger charge is 2.25. The van der Waals surface area contributed by atoms with E-state index in [1.54, 1.807) is 6.92 Å². The summed E-state index contributed by atoms with van der Waals surface area (Å²) in [5.74, 6) is -0.329. The van der Waals surface area contributed by atoms with E-state index in [4.69, 9.17) is 10.5 Å². The number of unbranched alkanes of at least 4 members (excludes halogenated alkanes) is 7. The zero-order chi connectivity index (χ0) is 20.3. The Morgan fingerprint density at radius 3 is 2.14 bits per heavy atom. The minimum atomic E-state index is -0.482. The first-order valence-electron chi connectivity index (χ1n) is 10.5. The van der Waals surface area contributed by atoms with Crippen LogP contribution in [0.1, 0.15) is 103 Å². The zero-order valence-corrected chi connectivity index (χ0v) is 20.0. The summed E-state index contributed by atoms with van der Waals surface area (Å²) in [5.41, 5.74) is 8.36. The number of carbonyl (C=O) groups is 1. The fourth-order valence-corrected chi connectivity index (χ4v) is 3.34. The van der Waals surface area contributed by atoms with Gasteiger partial charge < -0.3 is 10.5 Å². The molecule has 0 amide bonds. The van der Waals surface area contributed by atoms with Gasteiger partial charge in [0.05, 0.1) is 0 Å². The van der Waals surface area contributed by atoms with Crippen LogP contribution in [0, 0.1) is 0 Å². The summed E-state index contributed by atoms with van der Waals surface area (Å²) in [6.07, 6.45) is 10.6. The van der Waals surface area contributed by atoms with Crippen molar-refractivity contribution < 1.29 is 9.53 Å². The molecular weight excluding hydrogens is 414 g/mol. The van der Waals surface area contributed by atoms with Gasteiger partial charge in [-0.15, -0.1) is 17.0 Å². The lowest BCUT2D eigenvalue weighted by molar-refractivity contribution is -0.145. The number of benzene rings is 1. The maximum atomic E-state index is 12.2. The van der Waals surface area contributed by atoms with Gasteiger partial charge >= 0.3 is 5.97 Å². The minimum Gasteiger partial charge on any atom is -0.454 e. The molecule has 160 valence electrons. The molecule has 0 aromatic heterocycles. The molecule has 2 N–H and O–H groups in total. The first-order chi connectivity index (χ1) is 12.8. The molecule has 4 heteroatoms. The predicted molar refractivity (Wildman–Crippen MR) is 125 cm³/mol. The molecule has 0 spiro atoms. The summed E-state index contributed by atoms with van der Waals surface area (Å²) in [4.78, 5) is 12.2. The van der Waals surface area contributed by atoms with Gasteiger partial charge in [0.1, 0.15) is 6.10 Å². The van der Waals surface area contributed by atoms with Gasteiger partial charge in [0.15, 0.2) is 0 Å². The van der Waals surface area contributed by atoms with Crippen molar-refractivity contribution in [2.24, 2.45) is 5.73 Å². The average Bonchev–Trinajstić information content (AvgIpc) is 2.62. The molecule has 0 aliphatic rings. The lowest BCUT2D eigenvalue weighted by Crippen LogP contribution is -2.31. The van der Waals surface area contributed by atoms with Crippen LogP contribution in [0.5, 0.6) is 0 Å². The molecule has 28 heavy (non-hydrogen) atoms. The quantitative estimate of drug-likeness (QED) is 0.196. The molecule has 3 nitrogen and oxygen atoms in total. The predicted octanol–water partition coefficient (Wildman–Crippen LogP) is 7.15. The van der Waals surface area contributed by atoms with Crippen LogP contribution in [0.15, 0.2) is 36.4 Å². The molecule has 1 rings (SSSR count). The third kappa shape index (κ3) is 9.88. The summed E-state index contributed by atoms with van der Waals surface area (Å²) < 4.78 is 5.80. The number of ether oxygens (including phenoxy) is 1. The fraction of sp³-hybridized carbons (Fsp3) is 0.625. The van der Waals surface area contributed by atoms with E-state index in [0.717, 1.165) is 24.0 Å². The van der Waals surface area contributed by atoms with Crippen LogP contribution >= 0.6 is 17.0 Å². The minimum absolute atomic E-state index is 0. The normalized spacial score (nSPS) is 12.2. The Morgan fingerprint density at radius 2 is 1.61 bits per heavy atom. The van der Waals surface area contributed by atoms with Crippen molar-refractivity contribution >= 4 is 23.0 Å². The van der Waals surface area contributed by atoms with Gasteiger partial charge in [-0.25, -0.2) is 4.79 Å². The molecule has 0 radical (unpaired) electrons. The Morgan fingerprint density at radius 1 is 1.07 bits per heavy atom. The molecule has 1 atom stereocenters.